The van der Waals surface area contributed by atoms with Crippen LogP contribution < -0.4 is 5.73 Å². The summed E-state index contributed by atoms with van der Waals surface area (Å²) < 4.78 is 0. The fourth-order valence-electron chi connectivity index (χ4n) is 1.21. The standard InChI is InChI=1S/C11H14Cl2N2O.ClH/c1-7(6-14)15(2)11(16)9-4-3-8(12)5-10(9)13;/h3-5,7H,6,14H2,1-2H3;1H. The number of nitrogens with zero attached hydrogens (tertiary/aromatic N) is 1. The largest absolute Gasteiger partial charge is 0.338 e. The Bertz CT molecular complexity index is 398. The molecule has 0 saturated carbocycles. The molecule has 1 rings (SSSR count). The van der Waals surface area contributed by atoms with Crippen LogP contribution in [0.3, 0.4) is 0 Å². The van der Waals surface area contributed by atoms with Gasteiger partial charge in [-0.3, -0.25) is 4.79 Å². The van der Waals surface area contributed by atoms with Gasteiger partial charge in [0.25, 0.3) is 5.91 Å². The first-order valence-corrected chi connectivity index (χ1v) is 5.65. The normalized spacial score (nSPS) is 11.6. The second kappa shape index (κ2) is 7.07. The maximum Gasteiger partial charge on any atom is 0.255 e. The highest BCUT2D eigenvalue weighted by Gasteiger charge is 2.18. The fraction of sp³-hybridized carbons (Fsp3) is 0.364. The first-order chi connectivity index (χ1) is 7.47. The van der Waals surface area contributed by atoms with Gasteiger partial charge in [-0.1, -0.05) is 23.2 Å². The number of rotatable bonds is 3. The van der Waals surface area contributed by atoms with E-state index in [9.17, 15) is 4.79 Å². The molecule has 1 aromatic carbocycles. The number of amides is 1. The van der Waals surface area contributed by atoms with Crippen molar-refractivity contribution in [3.05, 3.63) is 33.8 Å². The van der Waals surface area contributed by atoms with Gasteiger partial charge in [-0.15, -0.1) is 12.4 Å². The molecule has 0 aliphatic heterocycles. The predicted molar refractivity (Wildman–Crippen MR) is 74.3 cm³/mol. The van der Waals surface area contributed by atoms with E-state index < -0.39 is 0 Å². The number of hydrogen-bond acceptors (Lipinski definition) is 2. The fourth-order valence-corrected chi connectivity index (χ4v) is 1.70. The molecule has 1 aromatic rings. The molecule has 0 saturated heterocycles. The van der Waals surface area contributed by atoms with Gasteiger partial charge >= 0.3 is 0 Å². The second-order valence-corrected chi connectivity index (χ2v) is 4.47. The first-order valence-electron chi connectivity index (χ1n) is 4.89. The smallest absolute Gasteiger partial charge is 0.255 e. The Kier molecular flexibility index (Phi) is 6.87. The average Bonchev–Trinajstić information content (AvgIpc) is 2.26. The third-order valence-electron chi connectivity index (χ3n) is 2.48. The molecule has 0 aromatic heterocycles. The molecule has 3 nitrogen and oxygen atoms in total. The lowest BCUT2D eigenvalue weighted by Crippen LogP contribution is -2.39. The quantitative estimate of drug-likeness (QED) is 0.932. The first kappa shape index (κ1) is 16.5. The predicted octanol–water partition coefficient (Wildman–Crippen LogP) is 2.83. The monoisotopic (exact) mass is 296 g/mol. The van der Waals surface area contributed by atoms with Gasteiger partial charge in [-0.25, -0.2) is 0 Å². The zero-order valence-corrected chi connectivity index (χ0v) is 11.9. The molecule has 17 heavy (non-hydrogen) atoms. The van der Waals surface area contributed by atoms with Crippen LogP contribution in [0.4, 0.5) is 0 Å². The lowest BCUT2D eigenvalue weighted by molar-refractivity contribution is 0.0748. The highest BCUT2D eigenvalue weighted by atomic mass is 35.5. The van der Waals surface area contributed by atoms with Gasteiger partial charge in [-0.2, -0.15) is 0 Å². The highest BCUT2D eigenvalue weighted by Crippen LogP contribution is 2.22. The molecule has 0 heterocycles. The van der Waals surface area contributed by atoms with Crippen molar-refractivity contribution in [1.29, 1.82) is 0 Å². The van der Waals surface area contributed by atoms with E-state index in [1.807, 2.05) is 6.92 Å². The minimum absolute atomic E-state index is 0. The van der Waals surface area contributed by atoms with Gasteiger partial charge in [0, 0.05) is 24.7 Å². The van der Waals surface area contributed by atoms with Crippen LogP contribution in [0.25, 0.3) is 0 Å². The zero-order chi connectivity index (χ0) is 12.3. The van der Waals surface area contributed by atoms with Gasteiger partial charge in [0.05, 0.1) is 10.6 Å². The summed E-state index contributed by atoms with van der Waals surface area (Å²) in [5, 5.41) is 0.865. The number of benzene rings is 1. The van der Waals surface area contributed by atoms with E-state index in [0.717, 1.165) is 0 Å². The van der Waals surface area contributed by atoms with Crippen LogP contribution in [-0.2, 0) is 0 Å². The van der Waals surface area contributed by atoms with E-state index in [4.69, 9.17) is 28.9 Å². The van der Waals surface area contributed by atoms with Crippen molar-refractivity contribution in [3.63, 3.8) is 0 Å². The third kappa shape index (κ3) is 4.03. The summed E-state index contributed by atoms with van der Waals surface area (Å²) in [6.07, 6.45) is 0. The van der Waals surface area contributed by atoms with Gasteiger partial charge < -0.3 is 10.6 Å². The number of hydrogen-bond donors (Lipinski definition) is 1. The topological polar surface area (TPSA) is 46.3 Å². The zero-order valence-electron chi connectivity index (χ0n) is 9.61. The number of halogens is 3. The van der Waals surface area contributed by atoms with Crippen molar-refractivity contribution in [3.8, 4) is 0 Å². The maximum absolute atomic E-state index is 12.0. The molecule has 0 aliphatic rings. The number of nitrogens with two attached hydrogens (primary N) is 1. The lowest BCUT2D eigenvalue weighted by atomic mass is 10.1. The summed E-state index contributed by atoms with van der Waals surface area (Å²) in [4.78, 5) is 13.6. The molecular weight excluding hydrogens is 282 g/mol. The van der Waals surface area contributed by atoms with Gasteiger partial charge in [-0.05, 0) is 25.1 Å². The van der Waals surface area contributed by atoms with Crippen molar-refractivity contribution in [2.75, 3.05) is 13.6 Å². The highest BCUT2D eigenvalue weighted by molar-refractivity contribution is 6.36. The van der Waals surface area contributed by atoms with E-state index in [1.54, 1.807) is 30.1 Å². The summed E-state index contributed by atoms with van der Waals surface area (Å²) in [5.41, 5.74) is 5.94. The summed E-state index contributed by atoms with van der Waals surface area (Å²) in [7, 11) is 1.70. The van der Waals surface area contributed by atoms with Crippen molar-refractivity contribution in [2.45, 2.75) is 13.0 Å². The number of carbonyl (C=O) groups is 1. The second-order valence-electron chi connectivity index (χ2n) is 3.62. The van der Waals surface area contributed by atoms with Crippen molar-refractivity contribution in [2.24, 2.45) is 5.73 Å². The molecule has 0 spiro atoms. The molecule has 1 atom stereocenters. The molecule has 0 aliphatic carbocycles. The lowest BCUT2D eigenvalue weighted by Gasteiger charge is -2.24. The Morgan fingerprint density at radius 2 is 2.06 bits per heavy atom. The Balaban J connectivity index is 0.00000256. The van der Waals surface area contributed by atoms with Gasteiger partial charge in [0.2, 0.25) is 0 Å². The minimum atomic E-state index is -0.153. The maximum atomic E-state index is 12.0. The van der Waals surface area contributed by atoms with Crippen molar-refractivity contribution < 1.29 is 4.79 Å². The van der Waals surface area contributed by atoms with E-state index in [0.29, 0.717) is 22.2 Å². The molecule has 0 radical (unpaired) electrons. The van der Waals surface area contributed by atoms with Crippen LogP contribution in [0, 0.1) is 0 Å². The SMILES string of the molecule is CC(CN)N(C)C(=O)c1ccc(Cl)cc1Cl.Cl. The van der Waals surface area contributed by atoms with Crippen molar-refractivity contribution in [1.82, 2.24) is 4.90 Å². The van der Waals surface area contributed by atoms with Gasteiger partial charge in [0.15, 0.2) is 0 Å². The molecule has 96 valence electrons. The summed E-state index contributed by atoms with van der Waals surface area (Å²) in [6.45, 7) is 2.29. The van der Waals surface area contributed by atoms with Crippen LogP contribution in [0.5, 0.6) is 0 Å². The van der Waals surface area contributed by atoms with E-state index in [-0.39, 0.29) is 24.4 Å². The molecule has 1 amide bonds. The third-order valence-corrected chi connectivity index (χ3v) is 3.03. The summed E-state index contributed by atoms with van der Waals surface area (Å²) in [5.74, 6) is -0.153. The van der Waals surface area contributed by atoms with Crippen LogP contribution >= 0.6 is 35.6 Å². The molecular formula is C11H15Cl3N2O. The summed E-state index contributed by atoms with van der Waals surface area (Å²) >= 11 is 11.7. The number of likely N-dealkylation sites (N-methyl/N-ethyl adjacent to an activating group) is 1. The average molecular weight is 298 g/mol. The van der Waals surface area contributed by atoms with Crippen LogP contribution in [0.15, 0.2) is 18.2 Å². The molecule has 1 unspecified atom stereocenters. The molecule has 0 bridgehead atoms. The molecule has 0 fully saturated rings. The Morgan fingerprint density at radius 1 is 1.47 bits per heavy atom. The Morgan fingerprint density at radius 3 is 2.53 bits per heavy atom. The number of carbonyl (C=O) groups excluding carboxylic acids is 1. The van der Waals surface area contributed by atoms with Crippen LogP contribution in [0.1, 0.15) is 17.3 Å². The Labute approximate surface area is 117 Å². The molecule has 2 N–H and O–H groups in total. The van der Waals surface area contributed by atoms with Crippen LogP contribution in [-0.4, -0.2) is 30.4 Å². The van der Waals surface area contributed by atoms with Crippen molar-refractivity contribution >= 4 is 41.5 Å². The van der Waals surface area contributed by atoms with E-state index >= 15 is 0 Å². The molecule has 6 heteroatoms. The summed E-state index contributed by atoms with van der Waals surface area (Å²) in [6, 6.07) is 4.78. The minimum Gasteiger partial charge on any atom is -0.338 e. The Hall–Kier alpha value is -0.480. The van der Waals surface area contributed by atoms with E-state index in [1.165, 1.54) is 0 Å². The van der Waals surface area contributed by atoms with Gasteiger partial charge in [0.1, 0.15) is 0 Å². The van der Waals surface area contributed by atoms with E-state index in [2.05, 4.69) is 0 Å². The van der Waals surface area contributed by atoms with Crippen LogP contribution in [0.2, 0.25) is 10.0 Å².